The van der Waals surface area contributed by atoms with E-state index in [9.17, 15) is 9.59 Å². The third-order valence-electron chi connectivity index (χ3n) is 5.97. The van der Waals surface area contributed by atoms with Crippen molar-refractivity contribution in [3.05, 3.63) is 35.0 Å². The Bertz CT molecular complexity index is 841. The molecule has 6 heteroatoms. The van der Waals surface area contributed by atoms with Gasteiger partial charge in [-0.2, -0.15) is 0 Å². The summed E-state index contributed by atoms with van der Waals surface area (Å²) in [5, 5.41) is 4.82. The number of H-pyrrole nitrogens is 1. The minimum Gasteiger partial charge on any atom is -0.361 e. The maximum atomic E-state index is 12.5. The lowest BCUT2D eigenvalue weighted by molar-refractivity contribution is -0.130. The van der Waals surface area contributed by atoms with E-state index in [1.54, 1.807) is 0 Å². The zero-order chi connectivity index (χ0) is 18.8. The number of aromatic nitrogens is 1. The maximum absolute atomic E-state index is 12.5. The number of nitrogens with zero attached hydrogens (tertiary/aromatic N) is 1. The Morgan fingerprint density at radius 1 is 1.26 bits per heavy atom. The number of aromatic amines is 1. The predicted molar refractivity (Wildman–Crippen MR) is 107 cm³/mol. The van der Waals surface area contributed by atoms with Crippen molar-refractivity contribution in [2.24, 2.45) is 5.92 Å². The van der Waals surface area contributed by atoms with Gasteiger partial charge in [-0.25, -0.2) is 0 Å². The van der Waals surface area contributed by atoms with Crippen LogP contribution in [0.5, 0.6) is 0 Å². The first-order valence-corrected chi connectivity index (χ1v) is 10.3. The summed E-state index contributed by atoms with van der Waals surface area (Å²) in [6.45, 7) is 1.14. The van der Waals surface area contributed by atoms with Gasteiger partial charge >= 0.3 is 0 Å². The molecular formula is C21H26ClN3O2. The van der Waals surface area contributed by atoms with Crippen LogP contribution in [-0.2, 0) is 16.0 Å². The topological polar surface area (TPSA) is 65.2 Å². The van der Waals surface area contributed by atoms with Gasteiger partial charge in [0.05, 0.1) is 5.92 Å². The Morgan fingerprint density at radius 3 is 2.89 bits per heavy atom. The Labute approximate surface area is 164 Å². The first-order valence-electron chi connectivity index (χ1n) is 9.94. The third-order valence-corrected chi connectivity index (χ3v) is 6.20. The van der Waals surface area contributed by atoms with E-state index < -0.39 is 0 Å². The number of likely N-dealkylation sites (tertiary alicyclic amines) is 1. The van der Waals surface area contributed by atoms with E-state index in [4.69, 9.17) is 11.6 Å². The van der Waals surface area contributed by atoms with Crippen LogP contribution >= 0.6 is 11.6 Å². The van der Waals surface area contributed by atoms with Crippen LogP contribution in [0.25, 0.3) is 10.9 Å². The Kier molecular flexibility index (Phi) is 5.39. The second-order valence-corrected chi connectivity index (χ2v) is 8.22. The molecule has 5 nitrogen and oxygen atoms in total. The van der Waals surface area contributed by atoms with E-state index in [1.807, 2.05) is 29.3 Å². The molecule has 2 aromatic rings. The molecule has 1 aliphatic carbocycles. The summed E-state index contributed by atoms with van der Waals surface area (Å²) in [4.78, 5) is 30.1. The number of amides is 2. The van der Waals surface area contributed by atoms with Gasteiger partial charge in [-0.15, -0.1) is 0 Å². The molecule has 0 bridgehead atoms. The fourth-order valence-electron chi connectivity index (χ4n) is 4.48. The second kappa shape index (κ2) is 7.93. The van der Waals surface area contributed by atoms with Crippen molar-refractivity contribution in [3.8, 4) is 0 Å². The summed E-state index contributed by atoms with van der Waals surface area (Å²) in [5.41, 5.74) is 2.18. The van der Waals surface area contributed by atoms with Gasteiger partial charge in [0.1, 0.15) is 0 Å². The number of rotatable bonds is 5. The lowest BCUT2D eigenvalue weighted by Crippen LogP contribution is -2.39. The number of fused-ring (bicyclic) bond motifs is 1. The summed E-state index contributed by atoms with van der Waals surface area (Å²) >= 11 is 6.09. The number of benzene rings is 1. The van der Waals surface area contributed by atoms with Gasteiger partial charge in [-0.1, -0.05) is 30.9 Å². The highest BCUT2D eigenvalue weighted by atomic mass is 35.5. The average molecular weight is 388 g/mol. The Hall–Kier alpha value is -2.01. The quantitative estimate of drug-likeness (QED) is 0.822. The fourth-order valence-corrected chi connectivity index (χ4v) is 4.65. The second-order valence-electron chi connectivity index (χ2n) is 7.78. The van der Waals surface area contributed by atoms with E-state index in [0.29, 0.717) is 30.6 Å². The molecule has 4 rings (SSSR count). The minimum atomic E-state index is -0.211. The highest BCUT2D eigenvalue weighted by Crippen LogP contribution is 2.28. The smallest absolute Gasteiger partial charge is 0.225 e. The average Bonchev–Trinajstić information content (AvgIpc) is 3.26. The molecule has 2 heterocycles. The van der Waals surface area contributed by atoms with Crippen molar-refractivity contribution in [2.45, 2.75) is 51.0 Å². The van der Waals surface area contributed by atoms with Gasteiger partial charge in [0.2, 0.25) is 11.8 Å². The van der Waals surface area contributed by atoms with E-state index >= 15 is 0 Å². The molecule has 1 aliphatic heterocycles. The number of hydrogen-bond donors (Lipinski definition) is 2. The van der Waals surface area contributed by atoms with Crippen molar-refractivity contribution < 1.29 is 9.59 Å². The highest BCUT2D eigenvalue weighted by molar-refractivity contribution is 6.31. The molecule has 2 amide bonds. The van der Waals surface area contributed by atoms with Crippen LogP contribution in [0.4, 0.5) is 0 Å². The standard InChI is InChI=1S/C21H26ClN3O2/c22-16-6-7-19-18(11-16)14(12-24-19)8-9-23-21(27)15-10-20(26)25(13-15)17-4-2-1-3-5-17/h6-7,11-12,15,17,24H,1-5,8-10,13H2,(H,23,27). The zero-order valence-corrected chi connectivity index (χ0v) is 16.2. The molecule has 1 aromatic carbocycles. The molecule has 1 aromatic heterocycles. The van der Waals surface area contributed by atoms with Gasteiger partial charge < -0.3 is 15.2 Å². The molecule has 144 valence electrons. The first-order chi connectivity index (χ1) is 13.1. The third kappa shape index (κ3) is 3.98. The molecule has 27 heavy (non-hydrogen) atoms. The molecule has 0 radical (unpaired) electrons. The monoisotopic (exact) mass is 387 g/mol. The van der Waals surface area contributed by atoms with Crippen LogP contribution in [0, 0.1) is 5.92 Å². The van der Waals surface area contributed by atoms with Crippen molar-refractivity contribution in [3.63, 3.8) is 0 Å². The minimum absolute atomic E-state index is 0.000432. The van der Waals surface area contributed by atoms with Crippen LogP contribution in [0.2, 0.25) is 5.02 Å². The van der Waals surface area contributed by atoms with E-state index in [-0.39, 0.29) is 17.7 Å². The zero-order valence-electron chi connectivity index (χ0n) is 15.5. The van der Waals surface area contributed by atoms with Gasteiger partial charge in [-0.05, 0) is 43.0 Å². The van der Waals surface area contributed by atoms with Crippen molar-refractivity contribution >= 4 is 34.3 Å². The number of hydrogen-bond acceptors (Lipinski definition) is 2. The van der Waals surface area contributed by atoms with Crippen LogP contribution in [0.15, 0.2) is 24.4 Å². The number of nitrogens with one attached hydrogen (secondary N) is 2. The van der Waals surface area contributed by atoms with Gasteiger partial charge in [0.15, 0.2) is 0 Å². The summed E-state index contributed by atoms with van der Waals surface area (Å²) in [7, 11) is 0. The van der Waals surface area contributed by atoms with Crippen LogP contribution < -0.4 is 5.32 Å². The summed E-state index contributed by atoms with van der Waals surface area (Å²) in [5.74, 6) is -0.0651. The molecule has 0 spiro atoms. The van der Waals surface area contributed by atoms with Gasteiger partial charge in [0.25, 0.3) is 0 Å². The van der Waals surface area contributed by atoms with E-state index in [1.165, 1.54) is 19.3 Å². The highest BCUT2D eigenvalue weighted by Gasteiger charge is 2.37. The Morgan fingerprint density at radius 2 is 2.07 bits per heavy atom. The number of carbonyl (C=O) groups excluding carboxylic acids is 2. The predicted octanol–water partition coefficient (Wildman–Crippen LogP) is 3.66. The molecule has 1 unspecified atom stereocenters. The van der Waals surface area contributed by atoms with Gasteiger partial charge in [0, 0.05) is 47.7 Å². The summed E-state index contributed by atoms with van der Waals surface area (Å²) < 4.78 is 0. The molecule has 1 saturated carbocycles. The fraction of sp³-hybridized carbons (Fsp3) is 0.524. The number of halogens is 1. The first kappa shape index (κ1) is 18.4. The number of carbonyl (C=O) groups is 2. The van der Waals surface area contributed by atoms with Crippen LogP contribution in [-0.4, -0.2) is 40.8 Å². The molecular weight excluding hydrogens is 362 g/mol. The normalized spacial score (nSPS) is 21.1. The molecule has 2 aliphatic rings. The van der Waals surface area contributed by atoms with Crippen molar-refractivity contribution in [1.29, 1.82) is 0 Å². The maximum Gasteiger partial charge on any atom is 0.225 e. The van der Waals surface area contributed by atoms with Crippen molar-refractivity contribution in [1.82, 2.24) is 15.2 Å². The molecule has 1 atom stereocenters. The Balaban J connectivity index is 1.30. The summed E-state index contributed by atoms with van der Waals surface area (Å²) in [6.07, 6.45) is 8.88. The lowest BCUT2D eigenvalue weighted by atomic mass is 9.94. The van der Waals surface area contributed by atoms with Crippen LogP contribution in [0.1, 0.15) is 44.1 Å². The largest absolute Gasteiger partial charge is 0.361 e. The molecule has 1 saturated heterocycles. The van der Waals surface area contributed by atoms with Crippen LogP contribution in [0.3, 0.4) is 0 Å². The molecule has 2 fully saturated rings. The summed E-state index contributed by atoms with van der Waals surface area (Å²) in [6, 6.07) is 6.12. The lowest BCUT2D eigenvalue weighted by Gasteiger charge is -2.31. The van der Waals surface area contributed by atoms with E-state index in [0.717, 1.165) is 35.7 Å². The molecule has 2 N–H and O–H groups in total. The van der Waals surface area contributed by atoms with Gasteiger partial charge in [-0.3, -0.25) is 9.59 Å². The SMILES string of the molecule is O=C(NCCc1c[nH]c2ccc(Cl)cc12)C1CC(=O)N(C2CCCCC2)C1. The van der Waals surface area contributed by atoms with Crippen molar-refractivity contribution in [2.75, 3.05) is 13.1 Å². The van der Waals surface area contributed by atoms with E-state index in [2.05, 4.69) is 10.3 Å².